The molecule has 0 aromatic heterocycles. The van der Waals surface area contributed by atoms with Gasteiger partial charge in [-0.2, -0.15) is 0 Å². The predicted molar refractivity (Wildman–Crippen MR) is 88.7 cm³/mol. The van der Waals surface area contributed by atoms with E-state index in [4.69, 9.17) is 4.74 Å². The molecule has 0 bridgehead atoms. The summed E-state index contributed by atoms with van der Waals surface area (Å²) in [4.78, 5) is 14.1. The zero-order valence-electron chi connectivity index (χ0n) is 13.6. The molecule has 1 saturated heterocycles. The number of hydrogen-bond acceptors (Lipinski definition) is 5. The molecule has 1 fully saturated rings. The van der Waals surface area contributed by atoms with Gasteiger partial charge < -0.3 is 10.1 Å². The summed E-state index contributed by atoms with van der Waals surface area (Å²) in [5.74, 6) is -0.468. The lowest BCUT2D eigenvalue weighted by Crippen LogP contribution is -2.37. The van der Waals surface area contributed by atoms with Crippen molar-refractivity contribution in [2.24, 2.45) is 0 Å². The van der Waals surface area contributed by atoms with E-state index in [2.05, 4.69) is 10.2 Å². The van der Waals surface area contributed by atoms with E-state index in [-0.39, 0.29) is 0 Å². The second-order valence-corrected chi connectivity index (χ2v) is 8.26. The van der Waals surface area contributed by atoms with Crippen LogP contribution in [0, 0.1) is 0 Å². The fraction of sp³-hybridized carbons (Fsp3) is 0.562. The van der Waals surface area contributed by atoms with Crippen molar-refractivity contribution in [2.45, 2.75) is 25.3 Å². The largest absolute Gasteiger partial charge is 0.379 e. The second kappa shape index (κ2) is 7.90. The first-order chi connectivity index (χ1) is 10.9. The summed E-state index contributed by atoms with van der Waals surface area (Å²) in [5, 5.41) is 1.64. The Bertz CT molecular complexity index is 622. The highest BCUT2D eigenvalue weighted by Crippen LogP contribution is 2.09. The Balaban J connectivity index is 1.84. The van der Waals surface area contributed by atoms with Crippen molar-refractivity contribution in [3.63, 3.8) is 0 Å². The van der Waals surface area contributed by atoms with Crippen molar-refractivity contribution in [2.75, 3.05) is 32.6 Å². The molecule has 0 spiro atoms. The molecule has 0 aliphatic carbocycles. The molecule has 1 heterocycles. The first kappa shape index (κ1) is 17.9. The highest BCUT2D eigenvalue weighted by atomic mass is 32.2. The van der Waals surface area contributed by atoms with Crippen molar-refractivity contribution in [3.05, 3.63) is 35.4 Å². The second-order valence-electron chi connectivity index (χ2n) is 5.89. The third-order valence-electron chi connectivity index (χ3n) is 4.01. The van der Waals surface area contributed by atoms with E-state index >= 15 is 0 Å². The third-order valence-corrected chi connectivity index (χ3v) is 5.51. The molecule has 1 aromatic rings. The van der Waals surface area contributed by atoms with Gasteiger partial charge in [0.05, 0.1) is 13.2 Å². The molecule has 1 aliphatic heterocycles. The Morgan fingerprint density at radius 1 is 1.22 bits per heavy atom. The summed E-state index contributed by atoms with van der Waals surface area (Å²) in [6.45, 7) is 6.07. The molecule has 0 saturated carbocycles. The van der Waals surface area contributed by atoms with E-state index < -0.39 is 21.0 Å². The number of nitrogens with zero attached hydrogens (tertiary/aromatic N) is 1. The summed E-state index contributed by atoms with van der Waals surface area (Å²) in [5.41, 5.74) is 2.16. The zero-order valence-corrected chi connectivity index (χ0v) is 14.4. The van der Waals surface area contributed by atoms with Crippen LogP contribution in [0.3, 0.4) is 0 Å². The standard InChI is InChI=1S/C16H24N2O4S/c1-13(23(2,20)21)16(19)17-11-14-3-5-15(6-4-14)12-18-7-9-22-10-8-18/h3-6,13H,7-12H2,1-2H3,(H,17,19). The minimum Gasteiger partial charge on any atom is -0.379 e. The number of amides is 1. The zero-order chi connectivity index (χ0) is 16.9. The van der Waals surface area contributed by atoms with E-state index in [1.165, 1.54) is 12.5 Å². The average molecular weight is 340 g/mol. The van der Waals surface area contributed by atoms with Crippen LogP contribution in [-0.2, 0) is 32.5 Å². The van der Waals surface area contributed by atoms with Crippen LogP contribution in [0.15, 0.2) is 24.3 Å². The number of sulfone groups is 1. The summed E-state index contributed by atoms with van der Waals surface area (Å²) in [6.07, 6.45) is 1.07. The maximum Gasteiger partial charge on any atom is 0.238 e. The van der Waals surface area contributed by atoms with Crippen LogP contribution in [0.25, 0.3) is 0 Å². The normalized spacial score (nSPS) is 17.7. The molecule has 23 heavy (non-hydrogen) atoms. The third kappa shape index (κ3) is 5.60. The number of nitrogens with one attached hydrogen (secondary N) is 1. The molecule has 1 unspecified atom stereocenters. The van der Waals surface area contributed by atoms with Crippen LogP contribution in [0.5, 0.6) is 0 Å². The molecule has 1 aromatic carbocycles. The van der Waals surface area contributed by atoms with E-state index in [0.717, 1.165) is 44.7 Å². The Hall–Kier alpha value is -1.44. The Labute approximate surface area is 137 Å². The lowest BCUT2D eigenvalue weighted by Gasteiger charge is -2.26. The molecule has 7 heteroatoms. The fourth-order valence-corrected chi connectivity index (χ4v) is 2.78. The van der Waals surface area contributed by atoms with Crippen molar-refractivity contribution < 1.29 is 17.9 Å². The lowest BCUT2D eigenvalue weighted by atomic mass is 10.1. The molecular formula is C16H24N2O4S. The SMILES string of the molecule is CC(C(=O)NCc1ccc(CN2CCOCC2)cc1)S(C)(=O)=O. The summed E-state index contributed by atoms with van der Waals surface area (Å²) in [7, 11) is -3.36. The van der Waals surface area contributed by atoms with Crippen LogP contribution < -0.4 is 5.32 Å². The lowest BCUT2D eigenvalue weighted by molar-refractivity contribution is -0.120. The number of hydrogen-bond donors (Lipinski definition) is 1. The molecule has 128 valence electrons. The average Bonchev–Trinajstić information content (AvgIpc) is 2.53. The first-order valence-corrected chi connectivity index (χ1v) is 9.66. The highest BCUT2D eigenvalue weighted by molar-refractivity contribution is 7.92. The van der Waals surface area contributed by atoms with Gasteiger partial charge in [0.1, 0.15) is 5.25 Å². The van der Waals surface area contributed by atoms with E-state index in [9.17, 15) is 13.2 Å². The van der Waals surface area contributed by atoms with E-state index in [1.54, 1.807) is 0 Å². The van der Waals surface area contributed by atoms with Gasteiger partial charge in [-0.3, -0.25) is 9.69 Å². The Morgan fingerprint density at radius 2 is 1.78 bits per heavy atom. The fourth-order valence-electron chi connectivity index (χ4n) is 2.31. The predicted octanol–water partition coefficient (Wildman–Crippen LogP) is 0.568. The summed E-state index contributed by atoms with van der Waals surface area (Å²) >= 11 is 0. The molecule has 1 atom stereocenters. The van der Waals surface area contributed by atoms with Gasteiger partial charge in [-0.05, 0) is 18.1 Å². The summed E-state index contributed by atoms with van der Waals surface area (Å²) < 4.78 is 28.0. The van der Waals surface area contributed by atoms with Crippen molar-refractivity contribution >= 4 is 15.7 Å². The van der Waals surface area contributed by atoms with Gasteiger partial charge in [0.2, 0.25) is 5.91 Å². The number of carbonyl (C=O) groups is 1. The van der Waals surface area contributed by atoms with E-state index in [0.29, 0.717) is 6.54 Å². The van der Waals surface area contributed by atoms with Gasteiger partial charge in [-0.25, -0.2) is 8.42 Å². The van der Waals surface area contributed by atoms with Crippen LogP contribution in [0.4, 0.5) is 0 Å². The molecule has 1 N–H and O–H groups in total. The van der Waals surface area contributed by atoms with Gasteiger partial charge in [0.15, 0.2) is 9.84 Å². The Morgan fingerprint density at radius 3 is 2.35 bits per heavy atom. The highest BCUT2D eigenvalue weighted by Gasteiger charge is 2.22. The minimum absolute atomic E-state index is 0.330. The number of morpholine rings is 1. The maximum atomic E-state index is 11.8. The van der Waals surface area contributed by atoms with Crippen LogP contribution in [-0.4, -0.2) is 57.0 Å². The number of carbonyl (C=O) groups excluding carboxylic acids is 1. The van der Waals surface area contributed by atoms with Crippen molar-refractivity contribution in [3.8, 4) is 0 Å². The number of rotatable bonds is 6. The van der Waals surface area contributed by atoms with E-state index in [1.807, 2.05) is 24.3 Å². The monoisotopic (exact) mass is 340 g/mol. The Kier molecular flexibility index (Phi) is 6.15. The van der Waals surface area contributed by atoms with Gasteiger partial charge >= 0.3 is 0 Å². The van der Waals surface area contributed by atoms with Crippen LogP contribution in [0.2, 0.25) is 0 Å². The van der Waals surface area contributed by atoms with Gasteiger partial charge in [0.25, 0.3) is 0 Å². The maximum absolute atomic E-state index is 11.8. The minimum atomic E-state index is -3.36. The molecule has 1 amide bonds. The van der Waals surface area contributed by atoms with Crippen molar-refractivity contribution in [1.29, 1.82) is 0 Å². The summed E-state index contributed by atoms with van der Waals surface area (Å²) in [6, 6.07) is 8.00. The quantitative estimate of drug-likeness (QED) is 0.819. The molecule has 0 radical (unpaired) electrons. The molecule has 6 nitrogen and oxygen atoms in total. The molecule has 1 aliphatic rings. The van der Waals surface area contributed by atoms with Crippen LogP contribution >= 0.6 is 0 Å². The molecule has 2 rings (SSSR count). The van der Waals surface area contributed by atoms with Gasteiger partial charge in [-0.15, -0.1) is 0 Å². The number of benzene rings is 1. The topological polar surface area (TPSA) is 75.7 Å². The van der Waals surface area contributed by atoms with Gasteiger partial charge in [-0.1, -0.05) is 24.3 Å². The van der Waals surface area contributed by atoms with Crippen molar-refractivity contribution in [1.82, 2.24) is 10.2 Å². The first-order valence-electron chi connectivity index (χ1n) is 7.71. The van der Waals surface area contributed by atoms with Gasteiger partial charge in [0, 0.05) is 32.4 Å². The smallest absolute Gasteiger partial charge is 0.238 e. The molecular weight excluding hydrogens is 316 g/mol. The number of ether oxygens (including phenoxy) is 1. The van der Waals surface area contributed by atoms with Crippen LogP contribution in [0.1, 0.15) is 18.1 Å².